The zero-order valence-electron chi connectivity index (χ0n) is 18.3. The molecule has 0 spiro atoms. The Morgan fingerprint density at radius 1 is 1.24 bits per heavy atom. The first-order valence-electron chi connectivity index (χ1n) is 10.9. The van der Waals surface area contributed by atoms with E-state index in [1.165, 1.54) is 29.5 Å². The van der Waals surface area contributed by atoms with Crippen LogP contribution in [0.4, 0.5) is 8.78 Å². The Morgan fingerprint density at radius 3 is 2.88 bits per heavy atom. The molecule has 0 saturated carbocycles. The molecule has 0 aliphatic carbocycles. The molecule has 0 fully saturated rings. The van der Waals surface area contributed by atoms with Crippen LogP contribution in [0, 0.1) is 18.6 Å². The van der Waals surface area contributed by atoms with Crippen molar-refractivity contribution >= 4 is 22.2 Å². The molecule has 4 aromatic rings. The van der Waals surface area contributed by atoms with E-state index in [9.17, 15) is 9.18 Å². The predicted molar refractivity (Wildman–Crippen MR) is 123 cm³/mol. The van der Waals surface area contributed by atoms with Gasteiger partial charge in [0, 0.05) is 30.1 Å². The summed E-state index contributed by atoms with van der Waals surface area (Å²) in [6.45, 7) is 3.92. The van der Waals surface area contributed by atoms with E-state index >= 15 is 4.39 Å². The molecule has 1 atom stereocenters. The normalized spacial score (nSPS) is 15.6. The van der Waals surface area contributed by atoms with Gasteiger partial charge in [0.1, 0.15) is 23.4 Å². The molecule has 5 rings (SSSR count). The molecule has 5 nitrogen and oxygen atoms in total. The SMILES string of the molecule is CCc1cc(F)ccc1OCC(=O)N1CCc2nc3sccn3c2C1c1ccc(C)cc1F. The van der Waals surface area contributed by atoms with Crippen molar-refractivity contribution in [3.8, 4) is 5.75 Å². The van der Waals surface area contributed by atoms with Crippen molar-refractivity contribution in [3.63, 3.8) is 0 Å². The van der Waals surface area contributed by atoms with E-state index in [-0.39, 0.29) is 24.1 Å². The van der Waals surface area contributed by atoms with Crippen molar-refractivity contribution in [2.45, 2.75) is 32.7 Å². The molecule has 1 unspecified atom stereocenters. The Balaban J connectivity index is 1.50. The lowest BCUT2D eigenvalue weighted by atomic mass is 9.94. The third-order valence-corrected chi connectivity index (χ3v) is 6.82. The maximum Gasteiger partial charge on any atom is 0.261 e. The van der Waals surface area contributed by atoms with Gasteiger partial charge in [-0.05, 0) is 48.7 Å². The summed E-state index contributed by atoms with van der Waals surface area (Å²) in [6.07, 6.45) is 3.06. The van der Waals surface area contributed by atoms with Gasteiger partial charge in [0.25, 0.3) is 5.91 Å². The van der Waals surface area contributed by atoms with Gasteiger partial charge in [-0.3, -0.25) is 9.20 Å². The average molecular weight is 468 g/mol. The number of ether oxygens (including phenoxy) is 1. The average Bonchev–Trinajstić information content (AvgIpc) is 3.39. The molecule has 170 valence electrons. The third kappa shape index (κ3) is 3.88. The van der Waals surface area contributed by atoms with Gasteiger partial charge in [0.15, 0.2) is 11.6 Å². The second kappa shape index (κ2) is 8.59. The summed E-state index contributed by atoms with van der Waals surface area (Å²) >= 11 is 1.51. The van der Waals surface area contributed by atoms with Crippen LogP contribution in [0.5, 0.6) is 5.75 Å². The van der Waals surface area contributed by atoms with E-state index in [2.05, 4.69) is 0 Å². The first kappa shape index (κ1) is 21.6. The van der Waals surface area contributed by atoms with Gasteiger partial charge in [0.2, 0.25) is 0 Å². The fourth-order valence-corrected chi connectivity index (χ4v) is 5.19. The zero-order chi connectivity index (χ0) is 23.1. The minimum atomic E-state index is -0.617. The molecule has 8 heteroatoms. The Hall–Kier alpha value is -3.26. The molecular formula is C25H23F2N3O2S. The molecule has 0 radical (unpaired) electrons. The molecule has 0 N–H and O–H groups in total. The Morgan fingerprint density at radius 2 is 2.09 bits per heavy atom. The molecule has 1 aliphatic heterocycles. The number of imidazole rings is 1. The first-order valence-corrected chi connectivity index (χ1v) is 11.7. The lowest BCUT2D eigenvalue weighted by molar-refractivity contribution is -0.135. The predicted octanol–water partition coefficient (Wildman–Crippen LogP) is 5.10. The minimum absolute atomic E-state index is 0.219. The van der Waals surface area contributed by atoms with Gasteiger partial charge >= 0.3 is 0 Å². The van der Waals surface area contributed by atoms with Crippen LogP contribution in [0.25, 0.3) is 4.96 Å². The van der Waals surface area contributed by atoms with Crippen LogP contribution in [0.1, 0.15) is 41.0 Å². The first-order chi connectivity index (χ1) is 16.0. The van der Waals surface area contributed by atoms with Gasteiger partial charge in [-0.25, -0.2) is 13.8 Å². The van der Waals surface area contributed by atoms with Crippen LogP contribution in [-0.4, -0.2) is 33.3 Å². The second-order valence-corrected chi connectivity index (χ2v) is 9.03. The minimum Gasteiger partial charge on any atom is -0.483 e. The number of carbonyl (C=O) groups is 1. The number of aromatic nitrogens is 2. The number of amides is 1. The number of halogens is 2. The van der Waals surface area contributed by atoms with E-state index in [0.29, 0.717) is 36.3 Å². The molecule has 3 heterocycles. The fourth-order valence-electron chi connectivity index (χ4n) is 4.45. The Bertz CT molecular complexity index is 1350. The third-order valence-electron chi connectivity index (χ3n) is 6.06. The Kier molecular flexibility index (Phi) is 5.62. The van der Waals surface area contributed by atoms with Crippen molar-refractivity contribution in [3.05, 3.63) is 87.7 Å². The van der Waals surface area contributed by atoms with Gasteiger partial charge in [0.05, 0.1) is 11.4 Å². The van der Waals surface area contributed by atoms with Gasteiger partial charge in [-0.1, -0.05) is 19.1 Å². The molecule has 2 aromatic carbocycles. The van der Waals surface area contributed by atoms with Gasteiger partial charge < -0.3 is 9.64 Å². The van der Waals surface area contributed by atoms with E-state index in [4.69, 9.17) is 9.72 Å². The van der Waals surface area contributed by atoms with Gasteiger partial charge in [-0.15, -0.1) is 11.3 Å². The topological polar surface area (TPSA) is 46.8 Å². The number of rotatable bonds is 5. The maximum absolute atomic E-state index is 15.2. The highest BCUT2D eigenvalue weighted by atomic mass is 32.1. The zero-order valence-corrected chi connectivity index (χ0v) is 19.2. The summed E-state index contributed by atoms with van der Waals surface area (Å²) in [5.41, 5.74) is 3.62. The van der Waals surface area contributed by atoms with Crippen LogP contribution in [-0.2, 0) is 17.6 Å². The molecule has 1 aliphatic rings. The van der Waals surface area contributed by atoms with Crippen LogP contribution in [0.2, 0.25) is 0 Å². The van der Waals surface area contributed by atoms with Crippen molar-refractivity contribution in [2.75, 3.05) is 13.2 Å². The summed E-state index contributed by atoms with van der Waals surface area (Å²) < 4.78 is 36.5. The molecule has 2 aromatic heterocycles. The standard InChI is InChI=1S/C25H23F2N3O2S/c1-3-16-13-17(26)5-7-21(16)32-14-22(31)29-9-8-20-24(30-10-11-33-25(30)28-20)23(29)18-6-4-15(2)12-19(18)27/h4-7,10-13,23H,3,8-9,14H2,1-2H3. The summed E-state index contributed by atoms with van der Waals surface area (Å²) in [7, 11) is 0. The van der Waals surface area contributed by atoms with E-state index in [1.807, 2.05) is 35.9 Å². The number of thiazole rings is 1. The number of hydrogen-bond acceptors (Lipinski definition) is 4. The van der Waals surface area contributed by atoms with Crippen molar-refractivity contribution in [1.82, 2.24) is 14.3 Å². The van der Waals surface area contributed by atoms with Crippen LogP contribution in [0.15, 0.2) is 48.0 Å². The summed E-state index contributed by atoms with van der Waals surface area (Å²) in [5, 5.41) is 1.93. The van der Waals surface area contributed by atoms with Crippen molar-refractivity contribution in [2.24, 2.45) is 0 Å². The van der Waals surface area contributed by atoms with Crippen LogP contribution in [0.3, 0.4) is 0 Å². The maximum atomic E-state index is 15.2. The summed E-state index contributed by atoms with van der Waals surface area (Å²) in [4.78, 5) is 20.6. The second-order valence-electron chi connectivity index (χ2n) is 8.16. The van der Waals surface area contributed by atoms with E-state index in [0.717, 1.165) is 21.9 Å². The smallest absolute Gasteiger partial charge is 0.261 e. The highest BCUT2D eigenvalue weighted by Crippen LogP contribution is 2.38. The monoisotopic (exact) mass is 467 g/mol. The summed E-state index contributed by atoms with van der Waals surface area (Å²) in [5.74, 6) is -0.483. The van der Waals surface area contributed by atoms with E-state index < -0.39 is 6.04 Å². The summed E-state index contributed by atoms with van der Waals surface area (Å²) in [6, 6.07) is 8.73. The number of fused-ring (bicyclic) bond motifs is 3. The van der Waals surface area contributed by atoms with Crippen LogP contribution < -0.4 is 4.74 Å². The number of nitrogens with zero attached hydrogens (tertiary/aromatic N) is 3. The molecule has 33 heavy (non-hydrogen) atoms. The van der Waals surface area contributed by atoms with Crippen molar-refractivity contribution in [1.29, 1.82) is 0 Å². The lowest BCUT2D eigenvalue weighted by Crippen LogP contribution is -2.43. The number of carbonyl (C=O) groups excluding carboxylic acids is 1. The quantitative estimate of drug-likeness (QED) is 0.410. The molecule has 1 amide bonds. The molecule has 0 saturated heterocycles. The van der Waals surface area contributed by atoms with Gasteiger partial charge in [-0.2, -0.15) is 0 Å². The molecule has 0 bridgehead atoms. The Labute approximate surface area is 194 Å². The number of benzene rings is 2. The number of hydrogen-bond donors (Lipinski definition) is 0. The fraction of sp³-hybridized carbons (Fsp3) is 0.280. The van der Waals surface area contributed by atoms with Crippen molar-refractivity contribution < 1.29 is 18.3 Å². The van der Waals surface area contributed by atoms with E-state index in [1.54, 1.807) is 17.0 Å². The largest absolute Gasteiger partial charge is 0.483 e. The molecular weight excluding hydrogens is 444 g/mol. The highest BCUT2D eigenvalue weighted by Gasteiger charge is 2.37. The number of aryl methyl sites for hydroxylation is 2. The highest BCUT2D eigenvalue weighted by molar-refractivity contribution is 7.15. The van der Waals surface area contributed by atoms with Crippen LogP contribution >= 0.6 is 11.3 Å². The lowest BCUT2D eigenvalue weighted by Gasteiger charge is -2.36.